The van der Waals surface area contributed by atoms with Crippen LogP contribution in [0.4, 0.5) is 5.69 Å². The molecule has 0 unspecified atom stereocenters. The maximum atomic E-state index is 14.1. The van der Waals surface area contributed by atoms with E-state index in [1.54, 1.807) is 0 Å². The van der Waals surface area contributed by atoms with Gasteiger partial charge in [-0.3, -0.25) is 4.67 Å². The number of hydrogen-bond acceptors (Lipinski definition) is 2. The van der Waals surface area contributed by atoms with Gasteiger partial charge in [0.15, 0.2) is 0 Å². The summed E-state index contributed by atoms with van der Waals surface area (Å²) < 4.78 is 24.4. The Kier molecular flexibility index (Phi) is 3.77. The van der Waals surface area contributed by atoms with E-state index in [0.717, 1.165) is 42.4 Å². The molecule has 0 N–H and O–H groups in total. The number of para-hydroxylation sites is 1. The van der Waals surface area contributed by atoms with Gasteiger partial charge < -0.3 is 4.52 Å². The van der Waals surface area contributed by atoms with Crippen LogP contribution in [0.15, 0.2) is 72.8 Å². The number of hydrogen-bond donors (Lipinski definition) is 0. The Balaban J connectivity index is 1.55. The molecule has 132 valence electrons. The average molecular weight is 364 g/mol. The molecule has 0 spiro atoms. The van der Waals surface area contributed by atoms with Crippen LogP contribution in [0.5, 0.6) is 5.75 Å². The normalized spacial score (nSPS) is 25.5. The minimum atomic E-state index is -3.14. The van der Waals surface area contributed by atoms with E-state index in [9.17, 15) is 4.57 Å². The van der Waals surface area contributed by atoms with E-state index >= 15 is 0 Å². The molecular weight excluding hydrogens is 343 g/mol. The zero-order valence-electron chi connectivity index (χ0n) is 14.5. The number of benzene rings is 3. The molecule has 26 heavy (non-hydrogen) atoms. The van der Waals surface area contributed by atoms with Gasteiger partial charge in [0.1, 0.15) is 5.75 Å². The number of rotatable bonds is 3. The van der Waals surface area contributed by atoms with E-state index in [-0.39, 0.29) is 0 Å². The van der Waals surface area contributed by atoms with Crippen LogP contribution < -0.4 is 9.19 Å². The van der Waals surface area contributed by atoms with E-state index in [0.29, 0.717) is 11.8 Å². The summed E-state index contributed by atoms with van der Waals surface area (Å²) >= 11 is 0. The van der Waals surface area contributed by atoms with E-state index in [1.807, 2.05) is 65.3 Å². The van der Waals surface area contributed by atoms with Crippen molar-refractivity contribution in [2.45, 2.75) is 18.9 Å². The second-order valence-corrected chi connectivity index (χ2v) is 9.13. The Morgan fingerprint density at radius 1 is 0.923 bits per heavy atom. The van der Waals surface area contributed by atoms with Gasteiger partial charge in [-0.05, 0) is 47.9 Å². The lowest BCUT2D eigenvalue weighted by atomic mass is 10.1. The third kappa shape index (κ3) is 2.53. The monoisotopic (exact) mass is 364 g/mol. The van der Waals surface area contributed by atoms with Crippen LogP contribution in [-0.2, 0) is 4.57 Å². The van der Waals surface area contributed by atoms with Gasteiger partial charge in [0.05, 0.1) is 0 Å². The molecule has 2 saturated heterocycles. The van der Waals surface area contributed by atoms with Crippen molar-refractivity contribution in [2.24, 2.45) is 0 Å². The van der Waals surface area contributed by atoms with Crippen molar-refractivity contribution >= 4 is 24.1 Å². The van der Waals surface area contributed by atoms with Crippen LogP contribution in [0.3, 0.4) is 0 Å². The molecule has 2 aliphatic heterocycles. The van der Waals surface area contributed by atoms with E-state index in [2.05, 4.69) is 16.8 Å². The summed E-state index contributed by atoms with van der Waals surface area (Å²) in [6.45, 7) is 1.59. The minimum absolute atomic E-state index is 0.307. The molecule has 5 heteroatoms. The predicted octanol–water partition coefficient (Wildman–Crippen LogP) is 5.31. The fraction of sp³-hybridized carbons (Fsp3) is 0.238. The zero-order valence-corrected chi connectivity index (χ0v) is 15.4. The first-order valence-corrected chi connectivity index (χ1v) is 10.7. The second kappa shape index (κ2) is 6.15. The van der Waals surface area contributed by atoms with Gasteiger partial charge in [0, 0.05) is 24.8 Å². The van der Waals surface area contributed by atoms with Crippen molar-refractivity contribution in [3.8, 4) is 5.75 Å². The third-order valence-corrected chi connectivity index (χ3v) is 7.99. The molecule has 0 aliphatic carbocycles. The lowest BCUT2D eigenvalue weighted by Crippen LogP contribution is -2.23. The molecule has 5 rings (SSSR count). The molecule has 0 aromatic heterocycles. The molecule has 4 nitrogen and oxygen atoms in total. The number of anilines is 1. The Bertz CT molecular complexity index is 991. The largest absolute Gasteiger partial charge is 0.422 e. The maximum absolute atomic E-state index is 14.1. The van der Waals surface area contributed by atoms with Crippen molar-refractivity contribution in [3.05, 3.63) is 72.8 Å². The topological polar surface area (TPSA) is 32.8 Å². The standard InChI is InChI=1S/C21H21N2O2P/c24-26(25-21-13-12-17-7-4-5-8-18(17)15-21)22-14-6-11-20(22)16-23(26)19-9-2-1-3-10-19/h1-5,7-10,12-13,15,20H,6,11,14,16H2/t20-,26+/m0/s1. The van der Waals surface area contributed by atoms with E-state index < -0.39 is 7.67 Å². The first-order chi connectivity index (χ1) is 12.7. The van der Waals surface area contributed by atoms with Gasteiger partial charge in [0.25, 0.3) is 0 Å². The quantitative estimate of drug-likeness (QED) is 0.590. The van der Waals surface area contributed by atoms with Crippen molar-refractivity contribution in [3.63, 3.8) is 0 Å². The van der Waals surface area contributed by atoms with Gasteiger partial charge in [-0.25, -0.2) is 4.57 Å². The molecule has 0 radical (unpaired) electrons. The molecule has 2 aliphatic rings. The molecule has 2 heterocycles. The summed E-state index contributed by atoms with van der Waals surface area (Å²) in [5, 5.41) is 2.25. The summed E-state index contributed by atoms with van der Waals surface area (Å²) in [5.41, 5.74) is 0.964. The molecular formula is C21H21N2O2P. The smallest absolute Gasteiger partial charge is 0.418 e. The Labute approximate surface area is 153 Å². The van der Waals surface area contributed by atoms with Crippen LogP contribution in [0.2, 0.25) is 0 Å². The highest BCUT2D eigenvalue weighted by Gasteiger charge is 2.53. The molecule has 2 atom stereocenters. The molecule has 3 aromatic rings. The number of nitrogens with zero attached hydrogens (tertiary/aromatic N) is 2. The van der Waals surface area contributed by atoms with Crippen LogP contribution in [0.1, 0.15) is 12.8 Å². The zero-order chi connectivity index (χ0) is 17.6. The van der Waals surface area contributed by atoms with Gasteiger partial charge >= 0.3 is 7.67 Å². The van der Waals surface area contributed by atoms with Crippen LogP contribution in [0.25, 0.3) is 10.8 Å². The van der Waals surface area contributed by atoms with Gasteiger partial charge in [-0.1, -0.05) is 48.5 Å². The summed E-state index contributed by atoms with van der Waals surface area (Å²) in [5.74, 6) is 0.667. The second-order valence-electron chi connectivity index (χ2n) is 6.97. The molecule has 3 aromatic carbocycles. The highest BCUT2D eigenvalue weighted by atomic mass is 31.2. The fourth-order valence-corrected chi connectivity index (χ4v) is 6.78. The van der Waals surface area contributed by atoms with Gasteiger partial charge in [-0.15, -0.1) is 0 Å². The van der Waals surface area contributed by atoms with Crippen molar-refractivity contribution < 1.29 is 9.09 Å². The first kappa shape index (κ1) is 15.9. The Morgan fingerprint density at radius 2 is 1.69 bits per heavy atom. The predicted molar refractivity (Wildman–Crippen MR) is 106 cm³/mol. The van der Waals surface area contributed by atoms with E-state index in [1.165, 1.54) is 0 Å². The summed E-state index contributed by atoms with van der Waals surface area (Å²) in [4.78, 5) is 0. The van der Waals surface area contributed by atoms with Crippen LogP contribution in [0, 0.1) is 0 Å². The van der Waals surface area contributed by atoms with Crippen LogP contribution in [-0.4, -0.2) is 23.8 Å². The lowest BCUT2D eigenvalue weighted by molar-refractivity contribution is 0.374. The molecule has 0 saturated carbocycles. The summed E-state index contributed by atoms with van der Waals surface area (Å²) in [6.07, 6.45) is 2.16. The Morgan fingerprint density at radius 3 is 2.54 bits per heavy atom. The first-order valence-electron chi connectivity index (χ1n) is 9.13. The van der Waals surface area contributed by atoms with E-state index in [4.69, 9.17) is 4.52 Å². The molecule has 2 fully saturated rings. The Hall–Kier alpha value is -2.29. The van der Waals surface area contributed by atoms with Crippen molar-refractivity contribution in [1.82, 2.24) is 4.67 Å². The van der Waals surface area contributed by atoms with Gasteiger partial charge in [-0.2, -0.15) is 4.67 Å². The van der Waals surface area contributed by atoms with Crippen LogP contribution >= 0.6 is 7.67 Å². The highest BCUT2D eigenvalue weighted by Crippen LogP contribution is 2.63. The molecule has 0 bridgehead atoms. The van der Waals surface area contributed by atoms with Crippen molar-refractivity contribution in [1.29, 1.82) is 0 Å². The minimum Gasteiger partial charge on any atom is -0.418 e. The fourth-order valence-electron chi connectivity index (χ4n) is 4.09. The van der Waals surface area contributed by atoms with Crippen molar-refractivity contribution in [2.75, 3.05) is 17.8 Å². The number of fused-ring (bicyclic) bond motifs is 2. The van der Waals surface area contributed by atoms with Gasteiger partial charge in [0.2, 0.25) is 0 Å². The summed E-state index contributed by atoms with van der Waals surface area (Å²) in [6, 6.07) is 24.4. The third-order valence-electron chi connectivity index (χ3n) is 5.36. The maximum Gasteiger partial charge on any atom is 0.422 e. The highest BCUT2D eigenvalue weighted by molar-refractivity contribution is 7.59. The molecule has 0 amide bonds. The summed E-state index contributed by atoms with van der Waals surface area (Å²) in [7, 11) is -3.14. The lowest BCUT2D eigenvalue weighted by Gasteiger charge is -2.30. The SMILES string of the molecule is O=[P@]1(Oc2ccc3ccccc3c2)N(c2ccccc2)C[C@@H]2CCCN21. The average Bonchev–Trinajstić information content (AvgIpc) is 3.25.